The van der Waals surface area contributed by atoms with Gasteiger partial charge in [0.05, 0.1) is 19.1 Å². The number of aromatic hydroxyl groups is 1. The minimum atomic E-state index is -1.34. The van der Waals surface area contributed by atoms with E-state index in [4.69, 9.17) is 5.11 Å². The first-order chi connectivity index (χ1) is 8.93. The predicted octanol–water partition coefficient (Wildman–Crippen LogP) is -0.150. The van der Waals surface area contributed by atoms with Gasteiger partial charge in [0.15, 0.2) is 0 Å². The number of ether oxygens (including phenoxy) is 1. The molecule has 1 aromatic carbocycles. The van der Waals surface area contributed by atoms with Crippen LogP contribution in [0.4, 0.5) is 0 Å². The van der Waals surface area contributed by atoms with Gasteiger partial charge in [-0.05, 0) is 24.6 Å². The van der Waals surface area contributed by atoms with E-state index in [1.807, 2.05) is 0 Å². The zero-order valence-electron chi connectivity index (χ0n) is 10.5. The van der Waals surface area contributed by atoms with Crippen LogP contribution in [0.25, 0.3) is 0 Å². The molecule has 0 amide bonds. The van der Waals surface area contributed by atoms with E-state index in [1.165, 1.54) is 38.3 Å². The number of hydrogen-bond acceptors (Lipinski definition) is 6. The number of phenolic OH excluding ortho intramolecular Hbond substituents is 1. The van der Waals surface area contributed by atoms with Crippen LogP contribution in [0.1, 0.15) is 18.5 Å². The Morgan fingerprint density at radius 2 is 1.95 bits per heavy atom. The van der Waals surface area contributed by atoms with Gasteiger partial charge in [0.1, 0.15) is 5.75 Å². The first-order valence-electron chi connectivity index (χ1n) is 5.46. The van der Waals surface area contributed by atoms with Crippen LogP contribution in [0.15, 0.2) is 36.0 Å². The van der Waals surface area contributed by atoms with Gasteiger partial charge in [-0.1, -0.05) is 12.1 Å². The van der Waals surface area contributed by atoms with E-state index in [0.717, 1.165) is 6.08 Å². The number of esters is 1. The fourth-order valence-corrected chi connectivity index (χ4v) is 1.45. The standard InChI is InChI=1S/C13H15NO5/c1-8(7-11(16)19-2)14-12(13(17)18)9-3-5-10(15)6-4-9/h3-7,12,14-15H,1-2H3,(H,17,18)/p-1/b8-7+. The number of methoxy groups -OCH3 is 1. The fraction of sp³-hybridized carbons (Fsp3) is 0.231. The average Bonchev–Trinajstić information content (AvgIpc) is 2.36. The van der Waals surface area contributed by atoms with Crippen LogP contribution < -0.4 is 10.4 Å². The number of aliphatic carboxylic acids is 1. The van der Waals surface area contributed by atoms with E-state index >= 15 is 0 Å². The third-order valence-electron chi connectivity index (χ3n) is 2.37. The summed E-state index contributed by atoms with van der Waals surface area (Å²) < 4.78 is 4.43. The van der Waals surface area contributed by atoms with E-state index < -0.39 is 18.0 Å². The zero-order valence-corrected chi connectivity index (χ0v) is 10.5. The van der Waals surface area contributed by atoms with Crippen molar-refractivity contribution < 1.29 is 24.5 Å². The Morgan fingerprint density at radius 1 is 1.37 bits per heavy atom. The maximum absolute atomic E-state index is 11.1. The summed E-state index contributed by atoms with van der Waals surface area (Å²) in [6, 6.07) is 4.52. The molecule has 0 aliphatic heterocycles. The molecule has 2 N–H and O–H groups in total. The maximum Gasteiger partial charge on any atom is 0.332 e. The number of carboxylic acid groups (broad SMARTS) is 1. The van der Waals surface area contributed by atoms with Gasteiger partial charge in [-0.25, -0.2) is 4.79 Å². The summed E-state index contributed by atoms with van der Waals surface area (Å²) in [7, 11) is 1.22. The van der Waals surface area contributed by atoms with Crippen LogP contribution in [0.5, 0.6) is 5.75 Å². The van der Waals surface area contributed by atoms with E-state index in [-0.39, 0.29) is 5.75 Å². The van der Waals surface area contributed by atoms with Crippen LogP contribution in [-0.2, 0) is 14.3 Å². The molecule has 0 aromatic heterocycles. The molecule has 0 fully saturated rings. The Bertz CT molecular complexity index is 492. The number of nitrogens with one attached hydrogen (secondary N) is 1. The molecule has 102 valence electrons. The fourth-order valence-electron chi connectivity index (χ4n) is 1.45. The second kappa shape index (κ2) is 6.44. The molecule has 1 unspecified atom stereocenters. The third kappa shape index (κ3) is 4.34. The highest BCUT2D eigenvalue weighted by Crippen LogP contribution is 2.17. The summed E-state index contributed by atoms with van der Waals surface area (Å²) >= 11 is 0. The summed E-state index contributed by atoms with van der Waals surface area (Å²) in [5.74, 6) is -1.90. The SMILES string of the molecule is COC(=O)/C=C(\C)NC(C(=O)[O-])c1ccc(O)cc1. The first kappa shape index (κ1) is 14.6. The first-order valence-corrected chi connectivity index (χ1v) is 5.46. The van der Waals surface area contributed by atoms with Crippen molar-refractivity contribution >= 4 is 11.9 Å². The second-order valence-corrected chi connectivity index (χ2v) is 3.84. The number of carbonyl (C=O) groups excluding carboxylic acids is 2. The minimum absolute atomic E-state index is 0.0303. The van der Waals surface area contributed by atoms with Crippen molar-refractivity contribution in [1.82, 2.24) is 5.32 Å². The van der Waals surface area contributed by atoms with Crippen LogP contribution in [0.2, 0.25) is 0 Å². The van der Waals surface area contributed by atoms with Crippen molar-refractivity contribution in [3.05, 3.63) is 41.6 Å². The number of phenols is 1. The summed E-state index contributed by atoms with van der Waals surface area (Å²) in [4.78, 5) is 22.1. The number of benzene rings is 1. The lowest BCUT2D eigenvalue weighted by Gasteiger charge is -2.21. The molecule has 0 saturated carbocycles. The van der Waals surface area contributed by atoms with Gasteiger partial charge in [-0.15, -0.1) is 0 Å². The van der Waals surface area contributed by atoms with Crippen molar-refractivity contribution in [3.63, 3.8) is 0 Å². The summed E-state index contributed by atoms with van der Waals surface area (Å²) in [6.45, 7) is 1.53. The molecule has 6 nitrogen and oxygen atoms in total. The molecule has 0 saturated heterocycles. The van der Waals surface area contributed by atoms with Gasteiger partial charge >= 0.3 is 5.97 Å². The Morgan fingerprint density at radius 3 is 2.42 bits per heavy atom. The smallest absolute Gasteiger partial charge is 0.332 e. The summed E-state index contributed by atoms with van der Waals surface area (Å²) in [5.41, 5.74) is 0.726. The van der Waals surface area contributed by atoms with Crippen LogP contribution in [-0.4, -0.2) is 24.2 Å². The lowest BCUT2D eigenvalue weighted by atomic mass is 10.1. The van der Waals surface area contributed by atoms with Crippen molar-refractivity contribution in [2.45, 2.75) is 13.0 Å². The highest BCUT2D eigenvalue weighted by atomic mass is 16.5. The number of carboxylic acids is 1. The molecule has 0 heterocycles. The van der Waals surface area contributed by atoms with E-state index in [0.29, 0.717) is 11.3 Å². The topological polar surface area (TPSA) is 98.7 Å². The second-order valence-electron chi connectivity index (χ2n) is 3.84. The number of hydrogen-bond donors (Lipinski definition) is 2. The van der Waals surface area contributed by atoms with Crippen molar-refractivity contribution in [2.24, 2.45) is 0 Å². The molecule has 6 heteroatoms. The highest BCUT2D eigenvalue weighted by molar-refractivity contribution is 5.82. The van der Waals surface area contributed by atoms with Crippen molar-refractivity contribution in [2.75, 3.05) is 7.11 Å². The van der Waals surface area contributed by atoms with Gasteiger partial charge in [0.25, 0.3) is 0 Å². The van der Waals surface area contributed by atoms with E-state index in [2.05, 4.69) is 10.1 Å². The molecular weight excluding hydrogens is 250 g/mol. The summed E-state index contributed by atoms with van der Waals surface area (Å²) in [6.07, 6.45) is 1.14. The molecule has 0 bridgehead atoms. The highest BCUT2D eigenvalue weighted by Gasteiger charge is 2.13. The Kier molecular flexibility index (Phi) is 4.93. The number of carbonyl (C=O) groups is 2. The number of allylic oxidation sites excluding steroid dienone is 1. The monoisotopic (exact) mass is 264 g/mol. The third-order valence-corrected chi connectivity index (χ3v) is 2.37. The quantitative estimate of drug-likeness (QED) is 0.567. The van der Waals surface area contributed by atoms with Gasteiger partial charge in [0.2, 0.25) is 0 Å². The molecule has 0 spiro atoms. The van der Waals surface area contributed by atoms with E-state index in [9.17, 15) is 14.7 Å². The molecule has 1 aromatic rings. The predicted molar refractivity (Wildman–Crippen MR) is 64.8 cm³/mol. The molecule has 1 rings (SSSR count). The minimum Gasteiger partial charge on any atom is -0.548 e. The molecule has 1 atom stereocenters. The molecule has 0 aliphatic rings. The van der Waals surface area contributed by atoms with Crippen LogP contribution >= 0.6 is 0 Å². The zero-order chi connectivity index (χ0) is 14.4. The van der Waals surface area contributed by atoms with Crippen LogP contribution in [0.3, 0.4) is 0 Å². The molecule has 0 aliphatic carbocycles. The van der Waals surface area contributed by atoms with Gasteiger partial charge < -0.3 is 25.1 Å². The molecule has 19 heavy (non-hydrogen) atoms. The lowest BCUT2D eigenvalue weighted by Crippen LogP contribution is -2.38. The summed E-state index contributed by atoms with van der Waals surface area (Å²) in [5, 5.41) is 22.9. The van der Waals surface area contributed by atoms with Crippen molar-refractivity contribution in [3.8, 4) is 5.75 Å². The van der Waals surface area contributed by atoms with Gasteiger partial charge in [-0.2, -0.15) is 0 Å². The average molecular weight is 264 g/mol. The largest absolute Gasteiger partial charge is 0.548 e. The Balaban J connectivity index is 2.91. The normalized spacial score (nSPS) is 12.6. The number of rotatable bonds is 5. The molecular formula is C13H14NO5-. The van der Waals surface area contributed by atoms with Crippen molar-refractivity contribution in [1.29, 1.82) is 0 Å². The molecule has 0 radical (unpaired) electrons. The Labute approximate surface area is 110 Å². The lowest BCUT2D eigenvalue weighted by molar-refractivity contribution is -0.308. The van der Waals surface area contributed by atoms with Gasteiger partial charge in [-0.3, -0.25) is 0 Å². The van der Waals surface area contributed by atoms with E-state index in [1.54, 1.807) is 0 Å². The maximum atomic E-state index is 11.1. The Hall–Kier alpha value is -2.50. The van der Waals surface area contributed by atoms with Crippen LogP contribution in [0, 0.1) is 0 Å². The van der Waals surface area contributed by atoms with Gasteiger partial charge in [0, 0.05) is 11.8 Å².